The molecule has 2 aliphatic heterocycles. The first-order valence-corrected chi connectivity index (χ1v) is 9.40. The van der Waals surface area contributed by atoms with E-state index in [4.69, 9.17) is 4.74 Å². The first-order valence-electron chi connectivity index (χ1n) is 9.40. The fourth-order valence-corrected chi connectivity index (χ4v) is 3.70. The molecule has 1 aromatic rings. The Hall–Kier alpha value is -2.41. The normalized spacial score (nSPS) is 20.7. The molecule has 1 fully saturated rings. The van der Waals surface area contributed by atoms with Crippen molar-refractivity contribution in [1.29, 1.82) is 0 Å². The third kappa shape index (κ3) is 4.13. The quantitative estimate of drug-likeness (QED) is 0.800. The van der Waals surface area contributed by atoms with Gasteiger partial charge in [0.25, 0.3) is 5.91 Å². The van der Waals surface area contributed by atoms with Crippen LogP contribution in [0, 0.1) is 5.92 Å². The first-order chi connectivity index (χ1) is 12.9. The minimum Gasteiger partial charge on any atom is -0.377 e. The summed E-state index contributed by atoms with van der Waals surface area (Å²) >= 11 is 0. The average Bonchev–Trinajstić information content (AvgIpc) is 2.73. The van der Waals surface area contributed by atoms with Gasteiger partial charge in [0, 0.05) is 13.6 Å². The van der Waals surface area contributed by atoms with Gasteiger partial charge in [-0.25, -0.2) is 0 Å². The number of hydrogen-bond donors (Lipinski definition) is 0. The maximum Gasteiger partial charge on any atom is 0.256 e. The van der Waals surface area contributed by atoms with Crippen LogP contribution in [0.3, 0.4) is 0 Å². The number of likely N-dealkylation sites (N-methyl/N-ethyl adjacent to an activating group) is 1. The van der Waals surface area contributed by atoms with E-state index < -0.39 is 0 Å². The Kier molecular flexibility index (Phi) is 5.79. The molecule has 2 heterocycles. The van der Waals surface area contributed by atoms with Gasteiger partial charge in [-0.1, -0.05) is 26.0 Å². The Morgan fingerprint density at radius 2 is 2.00 bits per heavy atom. The number of rotatable bonds is 4. The number of ether oxygens (including phenoxy) is 1. The van der Waals surface area contributed by atoms with E-state index in [1.165, 1.54) is 9.80 Å². The molecule has 1 atom stereocenters. The maximum absolute atomic E-state index is 13.0. The summed E-state index contributed by atoms with van der Waals surface area (Å²) in [6, 6.07) is 7.01. The van der Waals surface area contributed by atoms with Crippen LogP contribution in [0.4, 0.5) is 5.69 Å². The van der Waals surface area contributed by atoms with Crippen LogP contribution in [0.5, 0.6) is 0 Å². The molecule has 3 amide bonds. The Morgan fingerprint density at radius 3 is 2.74 bits per heavy atom. The molecular formula is C20H27N3O4. The summed E-state index contributed by atoms with van der Waals surface area (Å²) < 4.78 is 5.54. The van der Waals surface area contributed by atoms with Gasteiger partial charge in [0.2, 0.25) is 11.8 Å². The van der Waals surface area contributed by atoms with Crippen molar-refractivity contribution >= 4 is 23.4 Å². The van der Waals surface area contributed by atoms with Crippen LogP contribution in [0.2, 0.25) is 0 Å². The first kappa shape index (κ1) is 19.4. The summed E-state index contributed by atoms with van der Waals surface area (Å²) in [5.74, 6) is -0.187. The summed E-state index contributed by atoms with van der Waals surface area (Å²) in [5, 5.41) is 0. The van der Waals surface area contributed by atoms with Crippen LogP contribution in [-0.2, 0) is 14.3 Å². The molecule has 0 N–H and O–H groups in total. The lowest BCUT2D eigenvalue weighted by atomic mass is 10.0. The minimum absolute atomic E-state index is 0.0130. The summed E-state index contributed by atoms with van der Waals surface area (Å²) in [4.78, 5) is 43.1. The lowest BCUT2D eigenvalue weighted by Crippen LogP contribution is -2.53. The number of benzene rings is 1. The van der Waals surface area contributed by atoms with Crippen molar-refractivity contribution in [3.8, 4) is 0 Å². The number of morpholine rings is 1. The highest BCUT2D eigenvalue weighted by Crippen LogP contribution is 2.24. The SMILES string of the molecule is CC(C)C[C@@H]1COCCN1C(=O)CN1CC(=O)N(C)c2ccccc2C1=O. The number of carbonyl (C=O) groups excluding carboxylic acids is 3. The van der Waals surface area contributed by atoms with Gasteiger partial charge in [-0.05, 0) is 24.5 Å². The van der Waals surface area contributed by atoms with Crippen molar-refractivity contribution in [3.05, 3.63) is 29.8 Å². The van der Waals surface area contributed by atoms with E-state index in [9.17, 15) is 14.4 Å². The van der Waals surface area contributed by atoms with E-state index in [1.807, 2.05) is 4.90 Å². The van der Waals surface area contributed by atoms with Crippen LogP contribution >= 0.6 is 0 Å². The Morgan fingerprint density at radius 1 is 1.26 bits per heavy atom. The van der Waals surface area contributed by atoms with Crippen molar-refractivity contribution in [2.24, 2.45) is 5.92 Å². The third-order valence-electron chi connectivity index (χ3n) is 5.10. The van der Waals surface area contributed by atoms with Crippen LogP contribution in [0.15, 0.2) is 24.3 Å². The van der Waals surface area contributed by atoms with E-state index in [-0.39, 0.29) is 36.9 Å². The second-order valence-electron chi connectivity index (χ2n) is 7.58. The molecule has 0 spiro atoms. The van der Waals surface area contributed by atoms with Crippen molar-refractivity contribution in [1.82, 2.24) is 9.80 Å². The van der Waals surface area contributed by atoms with Gasteiger partial charge >= 0.3 is 0 Å². The molecule has 3 rings (SSSR count). The zero-order valence-electron chi connectivity index (χ0n) is 16.2. The molecule has 1 saturated heterocycles. The van der Waals surface area contributed by atoms with Gasteiger partial charge in [0.15, 0.2) is 0 Å². The second kappa shape index (κ2) is 8.08. The summed E-state index contributed by atoms with van der Waals surface area (Å²) in [5.41, 5.74) is 1.02. The third-order valence-corrected chi connectivity index (χ3v) is 5.10. The standard InChI is InChI=1S/C20H27N3O4/c1-14(2)10-15-13-27-9-8-23(15)19(25)12-22-11-18(24)21(3)17-7-5-4-6-16(17)20(22)26/h4-7,14-15H,8-13H2,1-3H3/t15-/m1/s1. The highest BCUT2D eigenvalue weighted by molar-refractivity contribution is 6.10. The minimum atomic E-state index is -0.287. The number of fused-ring (bicyclic) bond motifs is 1. The number of carbonyl (C=O) groups is 3. The topological polar surface area (TPSA) is 70.2 Å². The molecule has 2 aliphatic rings. The van der Waals surface area contributed by atoms with Crippen molar-refractivity contribution < 1.29 is 19.1 Å². The lowest BCUT2D eigenvalue weighted by molar-refractivity contribution is -0.141. The molecule has 0 radical (unpaired) electrons. The smallest absolute Gasteiger partial charge is 0.256 e. The van der Waals surface area contributed by atoms with E-state index >= 15 is 0 Å². The van der Waals surface area contributed by atoms with Gasteiger partial charge in [-0.15, -0.1) is 0 Å². The largest absolute Gasteiger partial charge is 0.377 e. The average molecular weight is 373 g/mol. The van der Waals surface area contributed by atoms with E-state index in [0.717, 1.165) is 6.42 Å². The fraction of sp³-hybridized carbons (Fsp3) is 0.550. The number of hydrogen-bond acceptors (Lipinski definition) is 4. The molecule has 27 heavy (non-hydrogen) atoms. The summed E-state index contributed by atoms with van der Waals surface area (Å²) in [6.45, 7) is 5.56. The Labute approximate surface area is 159 Å². The van der Waals surface area contributed by atoms with Crippen molar-refractivity contribution in [2.75, 3.05) is 44.8 Å². The van der Waals surface area contributed by atoms with Crippen LogP contribution in [0.25, 0.3) is 0 Å². The van der Waals surface area contributed by atoms with E-state index in [1.54, 1.807) is 31.3 Å². The molecule has 0 aliphatic carbocycles. The van der Waals surface area contributed by atoms with E-state index in [0.29, 0.717) is 36.9 Å². The Balaban J connectivity index is 1.79. The molecular weight excluding hydrogens is 346 g/mol. The van der Waals surface area contributed by atoms with Gasteiger partial charge < -0.3 is 19.4 Å². The van der Waals surface area contributed by atoms with Crippen LogP contribution < -0.4 is 4.90 Å². The number of para-hydroxylation sites is 1. The van der Waals surface area contributed by atoms with Gasteiger partial charge in [-0.2, -0.15) is 0 Å². The van der Waals surface area contributed by atoms with Gasteiger partial charge in [-0.3, -0.25) is 14.4 Å². The molecule has 0 saturated carbocycles. The maximum atomic E-state index is 13.0. The number of anilines is 1. The number of nitrogens with zero attached hydrogens (tertiary/aromatic N) is 3. The molecule has 7 nitrogen and oxygen atoms in total. The second-order valence-corrected chi connectivity index (χ2v) is 7.58. The van der Waals surface area contributed by atoms with Gasteiger partial charge in [0.1, 0.15) is 13.1 Å². The molecule has 146 valence electrons. The van der Waals surface area contributed by atoms with E-state index in [2.05, 4.69) is 13.8 Å². The molecule has 0 aromatic heterocycles. The molecule has 7 heteroatoms. The van der Waals surface area contributed by atoms with Crippen LogP contribution in [0.1, 0.15) is 30.6 Å². The molecule has 0 unspecified atom stereocenters. The summed E-state index contributed by atoms with van der Waals surface area (Å²) in [7, 11) is 1.65. The monoisotopic (exact) mass is 373 g/mol. The Bertz CT molecular complexity index is 734. The summed E-state index contributed by atoms with van der Waals surface area (Å²) in [6.07, 6.45) is 0.851. The van der Waals surface area contributed by atoms with Crippen molar-refractivity contribution in [3.63, 3.8) is 0 Å². The molecule has 1 aromatic carbocycles. The lowest BCUT2D eigenvalue weighted by Gasteiger charge is -2.37. The van der Waals surface area contributed by atoms with Gasteiger partial charge in [0.05, 0.1) is 30.5 Å². The highest BCUT2D eigenvalue weighted by atomic mass is 16.5. The van der Waals surface area contributed by atoms with Crippen molar-refractivity contribution in [2.45, 2.75) is 26.3 Å². The van der Waals surface area contributed by atoms with Crippen LogP contribution in [-0.4, -0.2) is 73.5 Å². The zero-order valence-corrected chi connectivity index (χ0v) is 16.2. The molecule has 0 bridgehead atoms. The predicted octanol–water partition coefficient (Wildman–Crippen LogP) is 1.38. The fourth-order valence-electron chi connectivity index (χ4n) is 3.70. The number of amides is 3. The zero-order chi connectivity index (χ0) is 19.6. The highest BCUT2D eigenvalue weighted by Gasteiger charge is 2.34. The predicted molar refractivity (Wildman–Crippen MR) is 102 cm³/mol.